The zero-order valence-corrected chi connectivity index (χ0v) is 10.5. The molecule has 7 nitrogen and oxygen atoms in total. The van der Waals surface area contributed by atoms with Gasteiger partial charge in [-0.3, -0.25) is 10.1 Å². The number of nitrogens with zero attached hydrogens (tertiary/aromatic N) is 2. The molecule has 2 rings (SSSR count). The van der Waals surface area contributed by atoms with Crippen LogP contribution in [-0.4, -0.2) is 17.0 Å². The number of halogens is 1. The van der Waals surface area contributed by atoms with Crippen LogP contribution >= 0.6 is 0 Å². The van der Waals surface area contributed by atoms with E-state index in [2.05, 4.69) is 10.3 Å². The van der Waals surface area contributed by atoms with Crippen LogP contribution in [0.4, 0.5) is 27.4 Å². The molecular weight excluding hydrogens is 267 g/mol. The third-order valence-corrected chi connectivity index (χ3v) is 2.48. The number of nitrogens with two attached hydrogens (primary N) is 1. The molecular formula is C12H11FN4O3. The lowest BCUT2D eigenvalue weighted by atomic mass is 10.2. The second kappa shape index (κ2) is 5.39. The Balaban J connectivity index is 2.36. The number of hydrogen-bond acceptors (Lipinski definition) is 6. The number of nitrogen functional groups attached to an aromatic ring is 1. The normalized spacial score (nSPS) is 10.1. The smallest absolute Gasteiger partial charge is 0.276 e. The quantitative estimate of drug-likeness (QED) is 0.657. The fourth-order valence-corrected chi connectivity index (χ4v) is 1.57. The second-order valence-corrected chi connectivity index (χ2v) is 3.86. The van der Waals surface area contributed by atoms with Crippen molar-refractivity contribution in [1.82, 2.24) is 4.98 Å². The minimum atomic E-state index is -0.606. The van der Waals surface area contributed by atoms with Crippen LogP contribution in [0.15, 0.2) is 30.3 Å². The Morgan fingerprint density at radius 3 is 2.80 bits per heavy atom. The number of methoxy groups -OCH3 is 1. The lowest BCUT2D eigenvalue weighted by Crippen LogP contribution is -2.01. The molecule has 0 saturated carbocycles. The van der Waals surface area contributed by atoms with Crippen molar-refractivity contribution in [1.29, 1.82) is 0 Å². The first-order chi connectivity index (χ1) is 9.49. The van der Waals surface area contributed by atoms with Gasteiger partial charge in [0.25, 0.3) is 5.69 Å². The molecule has 0 bridgehead atoms. The molecule has 1 aromatic carbocycles. The van der Waals surface area contributed by atoms with Crippen LogP contribution in [0.25, 0.3) is 0 Å². The van der Waals surface area contributed by atoms with Crippen LogP contribution in [-0.2, 0) is 0 Å². The highest BCUT2D eigenvalue weighted by atomic mass is 19.1. The molecule has 1 heterocycles. The Morgan fingerprint density at radius 1 is 1.40 bits per heavy atom. The first-order valence-electron chi connectivity index (χ1n) is 5.52. The molecule has 0 radical (unpaired) electrons. The molecule has 0 saturated heterocycles. The third kappa shape index (κ3) is 2.91. The summed E-state index contributed by atoms with van der Waals surface area (Å²) in [7, 11) is 1.45. The van der Waals surface area contributed by atoms with Crippen LogP contribution in [0.5, 0.6) is 5.75 Å². The fraction of sp³-hybridized carbons (Fsp3) is 0.0833. The summed E-state index contributed by atoms with van der Waals surface area (Å²) in [5.41, 5.74) is 5.32. The Hall–Kier alpha value is -2.90. The van der Waals surface area contributed by atoms with Gasteiger partial charge in [-0.2, -0.15) is 0 Å². The molecule has 1 aromatic heterocycles. The number of anilines is 3. The lowest BCUT2D eigenvalue weighted by molar-refractivity contribution is -0.384. The van der Waals surface area contributed by atoms with E-state index in [0.717, 1.165) is 12.1 Å². The van der Waals surface area contributed by atoms with Crippen LogP contribution in [0.1, 0.15) is 0 Å². The number of rotatable bonds is 4. The van der Waals surface area contributed by atoms with Crippen LogP contribution in [0.3, 0.4) is 0 Å². The highest BCUT2D eigenvalue weighted by Crippen LogP contribution is 2.26. The largest absolute Gasteiger partial charge is 0.497 e. The van der Waals surface area contributed by atoms with Gasteiger partial charge >= 0.3 is 0 Å². The highest BCUT2D eigenvalue weighted by Gasteiger charge is 2.11. The first kappa shape index (κ1) is 13.5. The lowest BCUT2D eigenvalue weighted by Gasteiger charge is -2.09. The number of aromatic nitrogens is 1. The number of pyridine rings is 1. The Labute approximate surface area is 113 Å². The summed E-state index contributed by atoms with van der Waals surface area (Å²) in [6, 6.07) is 6.35. The minimum Gasteiger partial charge on any atom is -0.497 e. The van der Waals surface area contributed by atoms with Crippen LogP contribution in [0, 0.1) is 15.9 Å². The molecule has 0 unspecified atom stereocenters. The molecule has 2 aromatic rings. The number of benzene rings is 1. The van der Waals surface area contributed by atoms with Gasteiger partial charge in [-0.25, -0.2) is 9.37 Å². The van der Waals surface area contributed by atoms with Crippen molar-refractivity contribution in [2.45, 2.75) is 0 Å². The average Bonchev–Trinajstić information content (AvgIpc) is 2.40. The van der Waals surface area contributed by atoms with Gasteiger partial charge in [-0.1, -0.05) is 0 Å². The van der Waals surface area contributed by atoms with Crippen molar-refractivity contribution < 1.29 is 14.1 Å². The summed E-state index contributed by atoms with van der Waals surface area (Å²) < 4.78 is 18.6. The highest BCUT2D eigenvalue weighted by molar-refractivity contribution is 5.63. The van der Waals surface area contributed by atoms with Crippen molar-refractivity contribution >= 4 is 23.0 Å². The van der Waals surface area contributed by atoms with Gasteiger partial charge in [0.2, 0.25) is 0 Å². The molecule has 0 fully saturated rings. The third-order valence-electron chi connectivity index (χ3n) is 2.48. The van der Waals surface area contributed by atoms with Gasteiger partial charge in [0, 0.05) is 6.07 Å². The van der Waals surface area contributed by atoms with Gasteiger partial charge in [0.05, 0.1) is 29.9 Å². The predicted molar refractivity (Wildman–Crippen MR) is 71.5 cm³/mol. The monoisotopic (exact) mass is 278 g/mol. The van der Waals surface area contributed by atoms with Crippen LogP contribution < -0.4 is 15.8 Å². The van der Waals surface area contributed by atoms with E-state index in [1.54, 1.807) is 0 Å². The fourth-order valence-electron chi connectivity index (χ4n) is 1.57. The number of nitro groups is 1. The van der Waals surface area contributed by atoms with E-state index in [9.17, 15) is 14.5 Å². The van der Waals surface area contributed by atoms with Crippen molar-refractivity contribution in [2.75, 3.05) is 18.2 Å². The molecule has 0 aliphatic rings. The molecule has 0 aliphatic carbocycles. The van der Waals surface area contributed by atoms with Gasteiger partial charge < -0.3 is 15.8 Å². The maximum Gasteiger partial charge on any atom is 0.276 e. The molecule has 0 amide bonds. The average molecular weight is 278 g/mol. The summed E-state index contributed by atoms with van der Waals surface area (Å²) >= 11 is 0. The van der Waals surface area contributed by atoms with E-state index < -0.39 is 10.7 Å². The standard InChI is InChI=1S/C12H11FN4O3/c1-20-8-2-3-9(13)10(6-8)15-12-5-7(17(18)19)4-11(14)16-12/h2-6H,1H3,(H3,14,15,16). The molecule has 3 N–H and O–H groups in total. The van der Waals surface area contributed by atoms with Crippen molar-refractivity contribution in [3.63, 3.8) is 0 Å². The van der Waals surface area contributed by atoms with Gasteiger partial charge in [0.1, 0.15) is 23.2 Å². The van der Waals surface area contributed by atoms with E-state index in [-0.39, 0.29) is 23.0 Å². The van der Waals surface area contributed by atoms with E-state index >= 15 is 0 Å². The molecule has 0 atom stereocenters. The summed E-state index contributed by atoms with van der Waals surface area (Å²) in [5.74, 6) is -0.0705. The number of hydrogen-bond donors (Lipinski definition) is 2. The van der Waals surface area contributed by atoms with E-state index in [1.165, 1.54) is 25.3 Å². The number of nitrogens with one attached hydrogen (secondary N) is 1. The SMILES string of the molecule is COc1ccc(F)c(Nc2cc([N+](=O)[O-])cc(N)n2)c1. The second-order valence-electron chi connectivity index (χ2n) is 3.86. The predicted octanol–water partition coefficient (Wildman–Crippen LogP) is 2.46. The van der Waals surface area contributed by atoms with Crippen molar-refractivity contribution in [3.8, 4) is 5.75 Å². The summed E-state index contributed by atoms with van der Waals surface area (Å²) in [5, 5.41) is 13.4. The Bertz CT molecular complexity index is 663. The van der Waals surface area contributed by atoms with Crippen molar-refractivity contribution in [2.24, 2.45) is 0 Å². The molecule has 20 heavy (non-hydrogen) atoms. The van der Waals surface area contributed by atoms with Gasteiger partial charge in [-0.05, 0) is 12.1 Å². The zero-order valence-electron chi connectivity index (χ0n) is 10.5. The number of ether oxygens (including phenoxy) is 1. The van der Waals surface area contributed by atoms with E-state index in [4.69, 9.17) is 10.5 Å². The maximum atomic E-state index is 13.6. The topological polar surface area (TPSA) is 103 Å². The first-order valence-corrected chi connectivity index (χ1v) is 5.52. The Kier molecular flexibility index (Phi) is 3.65. The molecule has 104 valence electrons. The molecule has 0 aliphatic heterocycles. The molecule has 8 heteroatoms. The van der Waals surface area contributed by atoms with Gasteiger partial charge in [-0.15, -0.1) is 0 Å². The Morgan fingerprint density at radius 2 is 2.15 bits per heavy atom. The van der Waals surface area contributed by atoms with E-state index in [0.29, 0.717) is 5.75 Å². The summed E-state index contributed by atoms with van der Waals surface area (Å²) in [6.45, 7) is 0. The minimum absolute atomic E-state index is 0.0370. The van der Waals surface area contributed by atoms with Crippen LogP contribution in [0.2, 0.25) is 0 Å². The maximum absolute atomic E-state index is 13.6. The summed E-state index contributed by atoms with van der Waals surface area (Å²) in [6.07, 6.45) is 0. The van der Waals surface area contributed by atoms with Crippen molar-refractivity contribution in [3.05, 3.63) is 46.3 Å². The zero-order chi connectivity index (χ0) is 14.7. The van der Waals surface area contributed by atoms with Gasteiger partial charge in [0.15, 0.2) is 0 Å². The van der Waals surface area contributed by atoms with E-state index in [1.807, 2.05) is 0 Å². The summed E-state index contributed by atoms with van der Waals surface area (Å²) in [4.78, 5) is 14.0. The molecule has 0 spiro atoms.